The molecular formula is C17H28N4O4. The molecule has 1 saturated carbocycles. The predicted octanol–water partition coefficient (Wildman–Crippen LogP) is -0.303. The number of likely N-dealkylation sites (N-methyl/N-ethyl adjacent to an activating group) is 1. The minimum Gasteiger partial charge on any atom is -0.450 e. The van der Waals surface area contributed by atoms with Crippen LogP contribution in [0.15, 0.2) is 0 Å². The molecule has 2 saturated heterocycles. The highest BCUT2D eigenvalue weighted by Crippen LogP contribution is 2.41. The van der Waals surface area contributed by atoms with Crippen molar-refractivity contribution < 1.29 is 19.1 Å². The Bertz CT molecular complexity index is 525. The van der Waals surface area contributed by atoms with E-state index in [4.69, 9.17) is 4.74 Å². The number of nitrogens with zero attached hydrogens (tertiary/aromatic N) is 4. The fraction of sp³-hybridized carbons (Fsp3) is 0.824. The lowest BCUT2D eigenvalue weighted by Gasteiger charge is -2.34. The number of hydrogen-bond acceptors (Lipinski definition) is 5. The van der Waals surface area contributed by atoms with Crippen LogP contribution in [0.25, 0.3) is 0 Å². The second kappa shape index (κ2) is 7.59. The van der Waals surface area contributed by atoms with Crippen LogP contribution in [0.2, 0.25) is 0 Å². The summed E-state index contributed by atoms with van der Waals surface area (Å²) in [5.74, 6) is -0.104. The zero-order valence-electron chi connectivity index (χ0n) is 15.1. The van der Waals surface area contributed by atoms with E-state index >= 15 is 0 Å². The first-order valence-electron chi connectivity index (χ1n) is 9.19. The maximum absolute atomic E-state index is 12.6. The average molecular weight is 352 g/mol. The van der Waals surface area contributed by atoms with Crippen LogP contribution in [-0.4, -0.2) is 104 Å². The molecule has 8 heteroatoms. The van der Waals surface area contributed by atoms with Crippen molar-refractivity contribution in [1.29, 1.82) is 0 Å². The summed E-state index contributed by atoms with van der Waals surface area (Å²) in [5, 5.41) is 0. The molecule has 0 aromatic rings. The topological polar surface area (TPSA) is 73.4 Å². The molecule has 3 fully saturated rings. The van der Waals surface area contributed by atoms with Crippen molar-refractivity contribution in [1.82, 2.24) is 19.6 Å². The summed E-state index contributed by atoms with van der Waals surface area (Å²) >= 11 is 0. The van der Waals surface area contributed by atoms with E-state index in [0.717, 1.165) is 26.2 Å². The van der Waals surface area contributed by atoms with Crippen LogP contribution in [0, 0.1) is 11.8 Å². The van der Waals surface area contributed by atoms with Gasteiger partial charge in [-0.1, -0.05) is 0 Å². The van der Waals surface area contributed by atoms with Gasteiger partial charge in [0, 0.05) is 52.4 Å². The van der Waals surface area contributed by atoms with Crippen LogP contribution in [0.4, 0.5) is 4.79 Å². The summed E-state index contributed by atoms with van der Waals surface area (Å²) in [6, 6.07) is 0. The molecule has 3 aliphatic rings. The molecule has 3 amide bonds. The van der Waals surface area contributed by atoms with Gasteiger partial charge in [-0.15, -0.1) is 0 Å². The average Bonchev–Trinajstić information content (AvgIpc) is 3.42. The molecule has 0 aromatic carbocycles. The Kier molecular flexibility index (Phi) is 5.46. The van der Waals surface area contributed by atoms with Gasteiger partial charge in [0.15, 0.2) is 0 Å². The van der Waals surface area contributed by atoms with E-state index in [0.29, 0.717) is 39.2 Å². The van der Waals surface area contributed by atoms with E-state index < -0.39 is 0 Å². The predicted molar refractivity (Wildman–Crippen MR) is 90.8 cm³/mol. The summed E-state index contributed by atoms with van der Waals surface area (Å²) in [6.45, 7) is 7.46. The molecule has 140 valence electrons. The molecule has 2 atom stereocenters. The van der Waals surface area contributed by atoms with E-state index in [1.165, 1.54) is 0 Å². The van der Waals surface area contributed by atoms with E-state index in [1.54, 1.807) is 16.7 Å². The Hall–Kier alpha value is -1.83. The van der Waals surface area contributed by atoms with E-state index in [-0.39, 0.29) is 29.7 Å². The van der Waals surface area contributed by atoms with Crippen LogP contribution in [0.5, 0.6) is 0 Å². The smallest absolute Gasteiger partial charge is 0.409 e. The van der Waals surface area contributed by atoms with Crippen LogP contribution in [0.1, 0.15) is 13.3 Å². The molecule has 2 unspecified atom stereocenters. The van der Waals surface area contributed by atoms with E-state index in [1.807, 2.05) is 4.90 Å². The molecule has 2 heterocycles. The summed E-state index contributed by atoms with van der Waals surface area (Å²) < 4.78 is 4.99. The first kappa shape index (κ1) is 18.0. The molecule has 1 aliphatic carbocycles. The number of hydrogen-bond donors (Lipinski definition) is 0. The van der Waals surface area contributed by atoms with Crippen molar-refractivity contribution in [3.8, 4) is 0 Å². The van der Waals surface area contributed by atoms with Crippen molar-refractivity contribution in [2.24, 2.45) is 11.8 Å². The molecule has 0 aromatic heterocycles. The summed E-state index contributed by atoms with van der Waals surface area (Å²) in [4.78, 5) is 44.4. The second-order valence-electron chi connectivity index (χ2n) is 7.09. The Balaban J connectivity index is 1.44. The number of rotatable bonds is 3. The fourth-order valence-electron chi connectivity index (χ4n) is 3.56. The van der Waals surface area contributed by atoms with Crippen LogP contribution >= 0.6 is 0 Å². The highest BCUT2D eigenvalue weighted by molar-refractivity contribution is 5.92. The van der Waals surface area contributed by atoms with E-state index in [2.05, 4.69) is 11.9 Å². The molecular weight excluding hydrogens is 324 g/mol. The van der Waals surface area contributed by atoms with Crippen LogP contribution in [0.3, 0.4) is 0 Å². The van der Waals surface area contributed by atoms with Crippen molar-refractivity contribution in [3.05, 3.63) is 0 Å². The maximum Gasteiger partial charge on any atom is 0.409 e. The molecule has 25 heavy (non-hydrogen) atoms. The summed E-state index contributed by atoms with van der Waals surface area (Å²) in [7, 11) is 2.06. The van der Waals surface area contributed by atoms with Gasteiger partial charge in [0.25, 0.3) is 0 Å². The first-order chi connectivity index (χ1) is 12.0. The lowest BCUT2D eigenvalue weighted by Crippen LogP contribution is -2.51. The van der Waals surface area contributed by atoms with Crippen molar-refractivity contribution in [3.63, 3.8) is 0 Å². The third-order valence-electron chi connectivity index (χ3n) is 5.36. The van der Waals surface area contributed by atoms with Gasteiger partial charge in [0.05, 0.1) is 18.4 Å². The minimum absolute atomic E-state index is 0.0657. The Morgan fingerprint density at radius 3 is 1.72 bits per heavy atom. The van der Waals surface area contributed by atoms with E-state index in [9.17, 15) is 14.4 Å². The minimum atomic E-state index is -0.316. The van der Waals surface area contributed by atoms with Gasteiger partial charge in [0.1, 0.15) is 0 Å². The van der Waals surface area contributed by atoms with Crippen LogP contribution in [-0.2, 0) is 14.3 Å². The van der Waals surface area contributed by atoms with Crippen molar-refractivity contribution in [2.45, 2.75) is 13.3 Å². The highest BCUT2D eigenvalue weighted by Gasteiger charge is 2.51. The molecule has 8 nitrogen and oxygen atoms in total. The Morgan fingerprint density at radius 1 is 0.800 bits per heavy atom. The van der Waals surface area contributed by atoms with Crippen molar-refractivity contribution in [2.75, 3.05) is 66.0 Å². The number of piperazine rings is 2. The molecule has 0 spiro atoms. The molecule has 3 rings (SSSR count). The maximum atomic E-state index is 12.6. The normalized spacial score (nSPS) is 27.2. The zero-order chi connectivity index (χ0) is 18.0. The van der Waals surface area contributed by atoms with Gasteiger partial charge in [-0.2, -0.15) is 0 Å². The van der Waals surface area contributed by atoms with Gasteiger partial charge < -0.3 is 24.3 Å². The monoisotopic (exact) mass is 352 g/mol. The number of carbonyl (C=O) groups excluding carboxylic acids is 3. The van der Waals surface area contributed by atoms with Gasteiger partial charge >= 0.3 is 6.09 Å². The molecule has 0 bridgehead atoms. The van der Waals surface area contributed by atoms with Gasteiger partial charge in [-0.25, -0.2) is 4.79 Å². The van der Waals surface area contributed by atoms with Crippen LogP contribution < -0.4 is 0 Å². The zero-order valence-corrected chi connectivity index (χ0v) is 15.1. The SMILES string of the molecule is CCOC(=O)N1CCN(C(=O)C2CC2C(=O)N2CCN(C)CC2)CC1. The quantitative estimate of drug-likeness (QED) is 0.697. The first-order valence-corrected chi connectivity index (χ1v) is 9.19. The number of carbonyl (C=O) groups is 3. The third kappa shape index (κ3) is 4.05. The molecule has 0 radical (unpaired) electrons. The highest BCUT2D eigenvalue weighted by atomic mass is 16.6. The van der Waals surface area contributed by atoms with Gasteiger partial charge in [-0.3, -0.25) is 9.59 Å². The fourth-order valence-corrected chi connectivity index (χ4v) is 3.56. The number of amides is 3. The van der Waals surface area contributed by atoms with Crippen molar-refractivity contribution >= 4 is 17.9 Å². The Labute approximate surface area is 148 Å². The van der Waals surface area contributed by atoms with Gasteiger partial charge in [0.2, 0.25) is 11.8 Å². The van der Waals surface area contributed by atoms with Gasteiger partial charge in [-0.05, 0) is 20.4 Å². The number of ether oxygens (including phenoxy) is 1. The molecule has 0 N–H and O–H groups in total. The summed E-state index contributed by atoms with van der Waals surface area (Å²) in [5.41, 5.74) is 0. The second-order valence-corrected chi connectivity index (χ2v) is 7.09. The lowest BCUT2D eigenvalue weighted by atomic mass is 10.2. The summed E-state index contributed by atoms with van der Waals surface area (Å²) in [6.07, 6.45) is 0.353. The largest absolute Gasteiger partial charge is 0.450 e. The lowest BCUT2D eigenvalue weighted by molar-refractivity contribution is -0.139. The third-order valence-corrected chi connectivity index (χ3v) is 5.36. The standard InChI is InChI=1S/C17H28N4O4/c1-3-25-17(24)21-10-8-20(9-11-21)16(23)14-12-13(14)15(22)19-6-4-18(2)5-7-19/h13-14H,3-12H2,1-2H3. The molecule has 2 aliphatic heterocycles. The Morgan fingerprint density at radius 2 is 1.24 bits per heavy atom.